The second-order valence-corrected chi connectivity index (χ2v) is 5.69. The van der Waals surface area contributed by atoms with Gasteiger partial charge in [-0.25, -0.2) is 4.39 Å². The van der Waals surface area contributed by atoms with E-state index < -0.39 is 0 Å². The van der Waals surface area contributed by atoms with Crippen molar-refractivity contribution in [2.24, 2.45) is 5.73 Å². The predicted octanol–water partition coefficient (Wildman–Crippen LogP) is 1.88. The molecule has 0 aromatic heterocycles. The van der Waals surface area contributed by atoms with Gasteiger partial charge in [0.15, 0.2) is 11.6 Å². The van der Waals surface area contributed by atoms with Crippen LogP contribution in [0.15, 0.2) is 18.2 Å². The van der Waals surface area contributed by atoms with Crippen LogP contribution in [-0.2, 0) is 0 Å². The van der Waals surface area contributed by atoms with Gasteiger partial charge in [-0.05, 0) is 24.7 Å². The summed E-state index contributed by atoms with van der Waals surface area (Å²) < 4.78 is 18.6. The van der Waals surface area contributed by atoms with Gasteiger partial charge in [0.1, 0.15) is 0 Å². The van der Waals surface area contributed by atoms with Crippen LogP contribution in [-0.4, -0.2) is 43.1 Å². The molecule has 0 saturated carbocycles. The fourth-order valence-electron chi connectivity index (χ4n) is 2.20. The highest BCUT2D eigenvalue weighted by atomic mass is 32.2. The summed E-state index contributed by atoms with van der Waals surface area (Å²) in [6, 6.07) is 5.07. The highest BCUT2D eigenvalue weighted by molar-refractivity contribution is 7.99. The summed E-state index contributed by atoms with van der Waals surface area (Å²) in [7, 11) is 3.54. The molecule has 0 aliphatic carbocycles. The molecule has 2 atom stereocenters. The van der Waals surface area contributed by atoms with E-state index in [1.807, 2.05) is 17.8 Å². The van der Waals surface area contributed by atoms with Crippen LogP contribution >= 0.6 is 11.8 Å². The van der Waals surface area contributed by atoms with E-state index in [0.717, 1.165) is 23.6 Å². The smallest absolute Gasteiger partial charge is 0.165 e. The third-order valence-electron chi connectivity index (χ3n) is 3.42. The lowest BCUT2D eigenvalue weighted by atomic mass is 10.00. The van der Waals surface area contributed by atoms with E-state index in [2.05, 4.69) is 11.9 Å². The van der Waals surface area contributed by atoms with E-state index in [4.69, 9.17) is 10.5 Å². The summed E-state index contributed by atoms with van der Waals surface area (Å²) in [6.45, 7) is 1.03. The van der Waals surface area contributed by atoms with E-state index in [9.17, 15) is 4.39 Å². The van der Waals surface area contributed by atoms with Crippen molar-refractivity contribution in [2.45, 2.75) is 12.1 Å². The normalized spacial score (nSPS) is 22.8. The maximum Gasteiger partial charge on any atom is 0.165 e. The Morgan fingerprint density at radius 3 is 2.94 bits per heavy atom. The maximum absolute atomic E-state index is 13.7. The van der Waals surface area contributed by atoms with Crippen molar-refractivity contribution in [3.8, 4) is 5.75 Å². The van der Waals surface area contributed by atoms with Gasteiger partial charge in [0.25, 0.3) is 0 Å². The van der Waals surface area contributed by atoms with Crippen LogP contribution in [0, 0.1) is 5.82 Å². The molecule has 1 fully saturated rings. The van der Waals surface area contributed by atoms with Crippen molar-refractivity contribution in [1.29, 1.82) is 0 Å². The van der Waals surface area contributed by atoms with E-state index in [-0.39, 0.29) is 23.7 Å². The van der Waals surface area contributed by atoms with Crippen LogP contribution in [0.25, 0.3) is 0 Å². The molecule has 0 radical (unpaired) electrons. The largest absolute Gasteiger partial charge is 0.494 e. The van der Waals surface area contributed by atoms with Gasteiger partial charge in [-0.15, -0.1) is 0 Å². The molecular weight excluding hydrogens is 251 g/mol. The highest BCUT2D eigenvalue weighted by Gasteiger charge is 2.26. The van der Waals surface area contributed by atoms with Crippen LogP contribution in [0.5, 0.6) is 5.75 Å². The number of methoxy groups -OCH3 is 1. The van der Waals surface area contributed by atoms with Crippen LogP contribution in [0.4, 0.5) is 4.39 Å². The Labute approximate surface area is 111 Å². The second-order valence-electron chi connectivity index (χ2n) is 4.54. The van der Waals surface area contributed by atoms with E-state index in [1.165, 1.54) is 13.2 Å². The Balaban J connectivity index is 2.17. The summed E-state index contributed by atoms with van der Waals surface area (Å²) in [6.07, 6.45) is 0. The van der Waals surface area contributed by atoms with Gasteiger partial charge < -0.3 is 10.5 Å². The lowest BCUT2D eigenvalue weighted by molar-refractivity contribution is 0.237. The maximum atomic E-state index is 13.7. The molecule has 1 heterocycles. The van der Waals surface area contributed by atoms with Gasteiger partial charge >= 0.3 is 0 Å². The van der Waals surface area contributed by atoms with Gasteiger partial charge in [0.05, 0.1) is 7.11 Å². The molecule has 3 nitrogen and oxygen atoms in total. The van der Waals surface area contributed by atoms with Gasteiger partial charge in [-0.2, -0.15) is 11.8 Å². The third-order valence-corrected chi connectivity index (χ3v) is 4.47. The summed E-state index contributed by atoms with van der Waals surface area (Å²) in [5.41, 5.74) is 7.08. The molecule has 1 aliphatic rings. The highest BCUT2D eigenvalue weighted by Crippen LogP contribution is 2.27. The first-order valence-corrected chi connectivity index (χ1v) is 7.16. The summed E-state index contributed by atoms with van der Waals surface area (Å²) in [5.74, 6) is 2.04. The zero-order valence-electron chi connectivity index (χ0n) is 10.7. The van der Waals surface area contributed by atoms with Crippen LogP contribution in [0.2, 0.25) is 0 Å². The Kier molecular flexibility index (Phi) is 4.48. The third kappa shape index (κ3) is 2.79. The van der Waals surface area contributed by atoms with Crippen molar-refractivity contribution in [3.05, 3.63) is 29.6 Å². The topological polar surface area (TPSA) is 38.5 Å². The van der Waals surface area contributed by atoms with Gasteiger partial charge in [-0.1, -0.05) is 6.07 Å². The molecule has 2 rings (SSSR count). The Morgan fingerprint density at radius 1 is 1.56 bits per heavy atom. The average molecular weight is 270 g/mol. The molecule has 5 heteroatoms. The molecule has 100 valence electrons. The molecule has 1 aromatic carbocycles. The first-order chi connectivity index (χ1) is 8.63. The Bertz CT molecular complexity index is 416. The minimum absolute atomic E-state index is 0.164. The molecule has 1 aromatic rings. The molecule has 2 unspecified atom stereocenters. The number of halogens is 1. The minimum Gasteiger partial charge on any atom is -0.494 e. The van der Waals surface area contributed by atoms with Crippen LogP contribution < -0.4 is 10.5 Å². The Morgan fingerprint density at radius 2 is 2.33 bits per heavy atom. The van der Waals surface area contributed by atoms with E-state index in [0.29, 0.717) is 0 Å². The molecular formula is C13H19FN2OS. The zero-order valence-corrected chi connectivity index (χ0v) is 11.5. The lowest BCUT2D eigenvalue weighted by Gasteiger charge is -2.36. The zero-order chi connectivity index (χ0) is 13.1. The van der Waals surface area contributed by atoms with Crippen LogP contribution in [0.1, 0.15) is 11.6 Å². The molecule has 2 N–H and O–H groups in total. The number of thioether (sulfide) groups is 1. The molecule has 0 spiro atoms. The van der Waals surface area contributed by atoms with Gasteiger partial charge in [-0.3, -0.25) is 4.90 Å². The fourth-order valence-corrected chi connectivity index (χ4v) is 3.48. The number of benzene rings is 1. The predicted molar refractivity (Wildman–Crippen MR) is 73.6 cm³/mol. The number of rotatable bonds is 3. The lowest BCUT2D eigenvalue weighted by Crippen LogP contribution is -2.46. The van der Waals surface area contributed by atoms with Crippen molar-refractivity contribution in [2.75, 3.05) is 32.2 Å². The Hall–Kier alpha value is -0.780. The number of nitrogens with two attached hydrogens (primary N) is 1. The van der Waals surface area contributed by atoms with Crippen molar-refractivity contribution in [3.63, 3.8) is 0 Å². The van der Waals surface area contributed by atoms with Crippen molar-refractivity contribution >= 4 is 11.8 Å². The molecule has 0 bridgehead atoms. The monoisotopic (exact) mass is 270 g/mol. The van der Waals surface area contributed by atoms with Crippen molar-refractivity contribution < 1.29 is 9.13 Å². The van der Waals surface area contributed by atoms with E-state index in [1.54, 1.807) is 6.07 Å². The first-order valence-electron chi connectivity index (χ1n) is 6.00. The van der Waals surface area contributed by atoms with E-state index >= 15 is 0 Å². The molecule has 18 heavy (non-hydrogen) atoms. The number of hydrogen-bond acceptors (Lipinski definition) is 4. The number of hydrogen-bond donors (Lipinski definition) is 1. The van der Waals surface area contributed by atoms with Crippen LogP contribution in [0.3, 0.4) is 0 Å². The number of ether oxygens (including phenoxy) is 1. The quantitative estimate of drug-likeness (QED) is 0.910. The fraction of sp³-hybridized carbons (Fsp3) is 0.538. The van der Waals surface area contributed by atoms with Gasteiger partial charge in [0, 0.05) is 30.1 Å². The second kappa shape index (κ2) is 5.91. The number of likely N-dealkylation sites (N-methyl/N-ethyl adjacent to an activating group) is 1. The molecule has 1 saturated heterocycles. The molecule has 0 amide bonds. The standard InChI is InChI=1S/C13H19FN2OS/c1-16-5-6-18-8-11(16)13(15)9-3-4-12(17-2)10(14)7-9/h3-4,7,11,13H,5-6,8,15H2,1-2H3. The first kappa shape index (κ1) is 13.6. The molecule has 1 aliphatic heterocycles. The average Bonchev–Trinajstić information content (AvgIpc) is 2.38. The SMILES string of the molecule is COc1ccc(C(N)C2CSCCN2C)cc1F. The summed E-state index contributed by atoms with van der Waals surface area (Å²) >= 11 is 1.90. The summed E-state index contributed by atoms with van der Waals surface area (Å²) in [5, 5.41) is 0. The summed E-state index contributed by atoms with van der Waals surface area (Å²) in [4.78, 5) is 2.25. The van der Waals surface area contributed by atoms with Crippen molar-refractivity contribution in [1.82, 2.24) is 4.90 Å². The number of nitrogens with zero attached hydrogens (tertiary/aromatic N) is 1. The minimum atomic E-state index is -0.350. The van der Waals surface area contributed by atoms with Gasteiger partial charge in [0.2, 0.25) is 0 Å².